The first-order chi connectivity index (χ1) is 10.2. The van der Waals surface area contributed by atoms with Crippen molar-refractivity contribution in [3.63, 3.8) is 0 Å². The smallest absolute Gasteiger partial charge is 0.0858 e. The molecule has 6 heteroatoms. The summed E-state index contributed by atoms with van der Waals surface area (Å²) < 4.78 is 1.02. The van der Waals surface area contributed by atoms with Gasteiger partial charge < -0.3 is 5.32 Å². The number of nitrogens with zero attached hydrogens (tertiary/aromatic N) is 3. The Morgan fingerprint density at radius 3 is 2.48 bits per heavy atom. The maximum Gasteiger partial charge on any atom is 0.0858 e. The molecular formula is C15H12BrClN4. The number of benzene rings is 2. The second-order valence-electron chi connectivity index (χ2n) is 4.45. The van der Waals surface area contributed by atoms with Crippen molar-refractivity contribution in [3.05, 3.63) is 69.9 Å². The number of halogens is 2. The first kappa shape index (κ1) is 14.1. The van der Waals surface area contributed by atoms with Crippen LogP contribution in [0.5, 0.6) is 0 Å². The van der Waals surface area contributed by atoms with Gasteiger partial charge in [-0.25, -0.2) is 0 Å². The lowest BCUT2D eigenvalue weighted by Crippen LogP contribution is -2.01. The van der Waals surface area contributed by atoms with Crippen molar-refractivity contribution >= 4 is 33.2 Å². The van der Waals surface area contributed by atoms with Crippen molar-refractivity contribution in [2.75, 3.05) is 5.32 Å². The first-order valence-corrected chi connectivity index (χ1v) is 7.54. The first-order valence-electron chi connectivity index (χ1n) is 6.37. The Kier molecular flexibility index (Phi) is 4.22. The van der Waals surface area contributed by atoms with Gasteiger partial charge in [-0.05, 0) is 48.0 Å². The van der Waals surface area contributed by atoms with Crippen LogP contribution in [0.4, 0.5) is 5.69 Å². The van der Waals surface area contributed by atoms with E-state index in [9.17, 15) is 0 Å². The largest absolute Gasteiger partial charge is 0.381 e. The number of hydrogen-bond acceptors (Lipinski definition) is 3. The summed E-state index contributed by atoms with van der Waals surface area (Å²) in [5.41, 5.74) is 2.98. The van der Waals surface area contributed by atoms with Crippen LogP contribution in [0.1, 0.15) is 5.56 Å². The van der Waals surface area contributed by atoms with E-state index in [0.717, 1.165) is 26.4 Å². The zero-order valence-electron chi connectivity index (χ0n) is 11.0. The Labute approximate surface area is 135 Å². The van der Waals surface area contributed by atoms with Crippen molar-refractivity contribution in [2.24, 2.45) is 0 Å². The lowest BCUT2D eigenvalue weighted by molar-refractivity contribution is 0.752. The van der Waals surface area contributed by atoms with Crippen molar-refractivity contribution < 1.29 is 0 Å². The summed E-state index contributed by atoms with van der Waals surface area (Å²) in [6.45, 7) is 0.664. The van der Waals surface area contributed by atoms with Crippen molar-refractivity contribution in [1.29, 1.82) is 0 Å². The molecule has 0 aliphatic carbocycles. The molecule has 0 fully saturated rings. The summed E-state index contributed by atoms with van der Waals surface area (Å²) in [5, 5.41) is 12.3. The van der Waals surface area contributed by atoms with Gasteiger partial charge in [0.2, 0.25) is 0 Å². The average molecular weight is 364 g/mol. The molecule has 1 heterocycles. The second-order valence-corrected chi connectivity index (χ2v) is 5.78. The molecule has 4 nitrogen and oxygen atoms in total. The van der Waals surface area contributed by atoms with E-state index >= 15 is 0 Å². The van der Waals surface area contributed by atoms with Crippen LogP contribution < -0.4 is 5.32 Å². The molecule has 0 aliphatic heterocycles. The zero-order valence-corrected chi connectivity index (χ0v) is 13.3. The van der Waals surface area contributed by atoms with Crippen LogP contribution in [-0.2, 0) is 6.54 Å². The van der Waals surface area contributed by atoms with Crippen LogP contribution in [0.15, 0.2) is 59.3 Å². The van der Waals surface area contributed by atoms with E-state index in [4.69, 9.17) is 11.6 Å². The Hall–Kier alpha value is -1.85. The van der Waals surface area contributed by atoms with Crippen LogP contribution in [0.25, 0.3) is 5.69 Å². The quantitative estimate of drug-likeness (QED) is 0.751. The molecule has 0 bridgehead atoms. The molecule has 1 aromatic heterocycles. The molecule has 3 rings (SSSR count). The molecule has 106 valence electrons. The lowest BCUT2D eigenvalue weighted by Gasteiger charge is -2.09. The SMILES string of the molecule is Clc1ccc(Br)cc1CNc1ccc(-n2nccn2)cc1. The monoisotopic (exact) mass is 362 g/mol. The topological polar surface area (TPSA) is 42.7 Å². The number of nitrogens with one attached hydrogen (secondary N) is 1. The third-order valence-electron chi connectivity index (χ3n) is 3.01. The summed E-state index contributed by atoms with van der Waals surface area (Å²) in [4.78, 5) is 1.58. The number of anilines is 1. The molecule has 0 amide bonds. The van der Waals surface area contributed by atoms with Gasteiger partial charge in [-0.15, -0.1) is 0 Å². The molecule has 21 heavy (non-hydrogen) atoms. The van der Waals surface area contributed by atoms with Crippen LogP contribution in [-0.4, -0.2) is 15.0 Å². The van der Waals surface area contributed by atoms with Gasteiger partial charge in [0.15, 0.2) is 0 Å². The van der Waals surface area contributed by atoms with Gasteiger partial charge in [0.25, 0.3) is 0 Å². The van der Waals surface area contributed by atoms with Gasteiger partial charge in [0.05, 0.1) is 18.1 Å². The standard InChI is InChI=1S/C15H12BrClN4/c16-12-1-6-15(17)11(9-12)10-18-13-2-4-14(5-3-13)21-19-7-8-20-21/h1-9,18H,10H2. The van der Waals surface area contributed by atoms with Crippen LogP contribution >= 0.6 is 27.5 Å². The minimum Gasteiger partial charge on any atom is -0.381 e. The van der Waals surface area contributed by atoms with Gasteiger partial charge in [0.1, 0.15) is 0 Å². The highest BCUT2D eigenvalue weighted by molar-refractivity contribution is 9.10. The van der Waals surface area contributed by atoms with Crippen molar-refractivity contribution in [2.45, 2.75) is 6.54 Å². The zero-order chi connectivity index (χ0) is 14.7. The fourth-order valence-corrected chi connectivity index (χ4v) is 2.53. The van der Waals surface area contributed by atoms with Crippen LogP contribution in [0, 0.1) is 0 Å². The lowest BCUT2D eigenvalue weighted by atomic mass is 10.2. The molecule has 0 saturated carbocycles. The van der Waals surface area contributed by atoms with E-state index < -0.39 is 0 Å². The van der Waals surface area contributed by atoms with Crippen molar-refractivity contribution in [1.82, 2.24) is 15.0 Å². The fraction of sp³-hybridized carbons (Fsp3) is 0.0667. The predicted molar refractivity (Wildman–Crippen MR) is 87.8 cm³/mol. The Morgan fingerprint density at radius 1 is 1.05 bits per heavy atom. The maximum atomic E-state index is 6.17. The Morgan fingerprint density at radius 2 is 1.76 bits per heavy atom. The number of hydrogen-bond donors (Lipinski definition) is 1. The summed E-state index contributed by atoms with van der Waals surface area (Å²) in [6, 6.07) is 13.7. The molecule has 0 aliphatic rings. The second kappa shape index (κ2) is 6.28. The van der Waals surface area contributed by atoms with Gasteiger partial charge in [-0.3, -0.25) is 0 Å². The van der Waals surface area contributed by atoms with E-state index in [0.29, 0.717) is 6.54 Å². The maximum absolute atomic E-state index is 6.17. The molecule has 0 saturated heterocycles. The van der Waals surface area contributed by atoms with E-state index in [1.807, 2.05) is 42.5 Å². The molecule has 3 aromatic rings. The minimum atomic E-state index is 0.664. The highest BCUT2D eigenvalue weighted by Gasteiger charge is 2.02. The van der Waals surface area contributed by atoms with E-state index in [1.54, 1.807) is 17.2 Å². The average Bonchev–Trinajstić information content (AvgIpc) is 3.03. The highest BCUT2D eigenvalue weighted by Crippen LogP contribution is 2.22. The Bertz CT molecular complexity index is 726. The van der Waals surface area contributed by atoms with Crippen molar-refractivity contribution in [3.8, 4) is 5.69 Å². The molecule has 0 radical (unpaired) electrons. The van der Waals surface area contributed by atoms with Gasteiger partial charge >= 0.3 is 0 Å². The summed E-state index contributed by atoms with van der Waals surface area (Å²) >= 11 is 9.63. The van der Waals surface area contributed by atoms with Crippen LogP contribution in [0.3, 0.4) is 0 Å². The number of rotatable bonds is 4. The predicted octanol–water partition coefficient (Wildman–Crippen LogP) is 4.30. The van der Waals surface area contributed by atoms with E-state index in [1.165, 1.54) is 0 Å². The minimum absolute atomic E-state index is 0.664. The third kappa shape index (κ3) is 3.43. The van der Waals surface area contributed by atoms with E-state index in [2.05, 4.69) is 31.4 Å². The fourth-order valence-electron chi connectivity index (χ4n) is 1.94. The molecule has 0 atom stereocenters. The molecule has 0 unspecified atom stereocenters. The molecule has 2 aromatic carbocycles. The van der Waals surface area contributed by atoms with Gasteiger partial charge in [-0.1, -0.05) is 27.5 Å². The van der Waals surface area contributed by atoms with Crippen LogP contribution in [0.2, 0.25) is 5.02 Å². The van der Waals surface area contributed by atoms with Gasteiger partial charge in [0, 0.05) is 21.7 Å². The number of aromatic nitrogens is 3. The highest BCUT2D eigenvalue weighted by atomic mass is 79.9. The Balaban J connectivity index is 1.70. The summed E-state index contributed by atoms with van der Waals surface area (Å²) in [5.74, 6) is 0. The summed E-state index contributed by atoms with van der Waals surface area (Å²) in [7, 11) is 0. The third-order valence-corrected chi connectivity index (χ3v) is 3.87. The molecule has 1 N–H and O–H groups in total. The van der Waals surface area contributed by atoms with E-state index in [-0.39, 0.29) is 0 Å². The summed E-state index contributed by atoms with van der Waals surface area (Å²) in [6.07, 6.45) is 3.31. The normalized spacial score (nSPS) is 10.6. The molecular weight excluding hydrogens is 352 g/mol. The molecule has 0 spiro atoms. The van der Waals surface area contributed by atoms with Gasteiger partial charge in [-0.2, -0.15) is 15.0 Å².